The number of amides is 1. The second kappa shape index (κ2) is 10.9. The van der Waals surface area contributed by atoms with Gasteiger partial charge in [0.2, 0.25) is 5.91 Å². The Morgan fingerprint density at radius 1 is 1.32 bits per heavy atom. The summed E-state index contributed by atoms with van der Waals surface area (Å²) < 4.78 is 19.5. The van der Waals surface area contributed by atoms with Crippen molar-refractivity contribution in [1.29, 1.82) is 0 Å². The third-order valence-electron chi connectivity index (χ3n) is 3.53. The molecule has 0 aliphatic heterocycles. The molecule has 138 valence electrons. The van der Waals surface area contributed by atoms with Crippen molar-refractivity contribution in [2.45, 2.75) is 26.4 Å². The highest BCUT2D eigenvalue weighted by Crippen LogP contribution is 2.24. The molecule has 2 unspecified atom stereocenters. The largest absolute Gasteiger partial charge is 0.453 e. The number of nitrogens with one attached hydrogen (secondary N) is 1. The zero-order valence-corrected chi connectivity index (χ0v) is 15.6. The standard InChI is InChI=1S/C17H20FN3O2.2ClH/c1-11(12(2)19)17(22)21-9-13-5-6-16(15(18)8-13)23-14-4-3-7-20-10-14;;/h3-8,10-12H,9,19H2,1-2H3,(H,21,22);2*1H. The molecule has 2 rings (SSSR count). The fraction of sp³-hybridized carbons (Fsp3) is 0.294. The van der Waals surface area contributed by atoms with Gasteiger partial charge in [0.05, 0.1) is 6.20 Å². The van der Waals surface area contributed by atoms with Crippen molar-refractivity contribution in [2.75, 3.05) is 0 Å². The zero-order chi connectivity index (χ0) is 16.8. The van der Waals surface area contributed by atoms with E-state index in [1.807, 2.05) is 0 Å². The van der Waals surface area contributed by atoms with Gasteiger partial charge in [0, 0.05) is 24.7 Å². The fourth-order valence-electron chi connectivity index (χ4n) is 1.86. The van der Waals surface area contributed by atoms with E-state index >= 15 is 0 Å². The van der Waals surface area contributed by atoms with Crippen LogP contribution in [0.4, 0.5) is 4.39 Å². The molecule has 0 aliphatic carbocycles. The molecule has 0 bridgehead atoms. The molecule has 5 nitrogen and oxygen atoms in total. The summed E-state index contributed by atoms with van der Waals surface area (Å²) in [7, 11) is 0. The smallest absolute Gasteiger partial charge is 0.224 e. The predicted molar refractivity (Wildman–Crippen MR) is 99.9 cm³/mol. The quantitative estimate of drug-likeness (QED) is 0.792. The number of nitrogens with zero attached hydrogens (tertiary/aromatic N) is 1. The number of ether oxygens (including phenoxy) is 1. The van der Waals surface area contributed by atoms with Crippen molar-refractivity contribution in [1.82, 2.24) is 10.3 Å². The number of carbonyl (C=O) groups is 1. The summed E-state index contributed by atoms with van der Waals surface area (Å²) in [5, 5.41) is 2.74. The first-order valence-electron chi connectivity index (χ1n) is 7.37. The van der Waals surface area contributed by atoms with Crippen molar-refractivity contribution in [3.8, 4) is 11.5 Å². The number of hydrogen-bond acceptors (Lipinski definition) is 4. The average molecular weight is 390 g/mol. The minimum atomic E-state index is -0.499. The van der Waals surface area contributed by atoms with Crippen LogP contribution in [0.1, 0.15) is 19.4 Å². The Balaban J connectivity index is 0.00000288. The molecule has 2 atom stereocenters. The van der Waals surface area contributed by atoms with Gasteiger partial charge in [-0.1, -0.05) is 13.0 Å². The monoisotopic (exact) mass is 389 g/mol. The lowest BCUT2D eigenvalue weighted by Gasteiger charge is -2.15. The normalized spacial score (nSPS) is 12.2. The summed E-state index contributed by atoms with van der Waals surface area (Å²) in [4.78, 5) is 15.7. The Bertz CT molecular complexity index is 672. The van der Waals surface area contributed by atoms with E-state index < -0.39 is 5.82 Å². The van der Waals surface area contributed by atoms with E-state index in [4.69, 9.17) is 10.5 Å². The van der Waals surface area contributed by atoms with Crippen LogP contribution in [0.5, 0.6) is 11.5 Å². The number of rotatable bonds is 6. The van der Waals surface area contributed by atoms with Crippen LogP contribution in [0.2, 0.25) is 0 Å². The minimum Gasteiger partial charge on any atom is -0.453 e. The third-order valence-corrected chi connectivity index (χ3v) is 3.53. The van der Waals surface area contributed by atoms with Gasteiger partial charge >= 0.3 is 0 Å². The SMILES string of the molecule is CC(N)C(C)C(=O)NCc1ccc(Oc2cccnc2)c(F)c1.Cl.Cl. The Labute approximate surface area is 159 Å². The summed E-state index contributed by atoms with van der Waals surface area (Å²) in [6.45, 7) is 3.76. The van der Waals surface area contributed by atoms with E-state index in [2.05, 4.69) is 10.3 Å². The van der Waals surface area contributed by atoms with Crippen LogP contribution in [0.25, 0.3) is 0 Å². The topological polar surface area (TPSA) is 77.2 Å². The second-order valence-electron chi connectivity index (χ2n) is 5.42. The maximum Gasteiger partial charge on any atom is 0.224 e. The van der Waals surface area contributed by atoms with Gasteiger partial charge in [-0.3, -0.25) is 9.78 Å². The van der Waals surface area contributed by atoms with Crippen LogP contribution >= 0.6 is 24.8 Å². The molecule has 0 aliphatic rings. The van der Waals surface area contributed by atoms with Crippen LogP contribution in [-0.4, -0.2) is 16.9 Å². The number of carbonyl (C=O) groups excluding carboxylic acids is 1. The molecule has 3 N–H and O–H groups in total. The number of nitrogens with two attached hydrogens (primary N) is 1. The lowest BCUT2D eigenvalue weighted by atomic mass is 10.0. The summed E-state index contributed by atoms with van der Waals surface area (Å²) in [5.74, 6) is -0.389. The van der Waals surface area contributed by atoms with Crippen LogP contribution in [0.3, 0.4) is 0 Å². The first kappa shape index (κ1) is 23.1. The maximum absolute atomic E-state index is 14.1. The molecule has 0 radical (unpaired) electrons. The predicted octanol–water partition coefficient (Wildman–Crippen LogP) is 3.46. The highest BCUT2D eigenvalue weighted by atomic mass is 35.5. The summed E-state index contributed by atoms with van der Waals surface area (Å²) in [6, 6.07) is 7.72. The van der Waals surface area contributed by atoms with Crippen molar-refractivity contribution in [2.24, 2.45) is 11.7 Å². The molecule has 1 amide bonds. The average Bonchev–Trinajstić information content (AvgIpc) is 2.55. The second-order valence-corrected chi connectivity index (χ2v) is 5.42. The Morgan fingerprint density at radius 3 is 2.60 bits per heavy atom. The van der Waals surface area contributed by atoms with Gasteiger partial charge in [-0.25, -0.2) is 4.39 Å². The first-order valence-corrected chi connectivity index (χ1v) is 7.37. The summed E-state index contributed by atoms with van der Waals surface area (Å²) in [5.41, 5.74) is 6.33. The summed E-state index contributed by atoms with van der Waals surface area (Å²) >= 11 is 0. The van der Waals surface area contributed by atoms with E-state index in [1.54, 1.807) is 38.2 Å². The van der Waals surface area contributed by atoms with Gasteiger partial charge in [-0.2, -0.15) is 0 Å². The maximum atomic E-state index is 14.1. The van der Waals surface area contributed by atoms with Gasteiger partial charge < -0.3 is 15.8 Å². The van der Waals surface area contributed by atoms with E-state index in [-0.39, 0.29) is 55.0 Å². The lowest BCUT2D eigenvalue weighted by molar-refractivity contribution is -0.125. The van der Waals surface area contributed by atoms with Crippen molar-refractivity contribution in [3.05, 3.63) is 54.1 Å². The number of hydrogen-bond donors (Lipinski definition) is 2. The molecular weight excluding hydrogens is 368 g/mol. The van der Waals surface area contributed by atoms with Gasteiger partial charge in [0.1, 0.15) is 5.75 Å². The van der Waals surface area contributed by atoms with Crippen LogP contribution in [0.15, 0.2) is 42.7 Å². The minimum absolute atomic E-state index is 0. The van der Waals surface area contributed by atoms with Crippen molar-refractivity contribution in [3.63, 3.8) is 0 Å². The Hall–Kier alpha value is -1.89. The van der Waals surface area contributed by atoms with Crippen LogP contribution in [-0.2, 0) is 11.3 Å². The highest BCUT2D eigenvalue weighted by Gasteiger charge is 2.16. The molecule has 25 heavy (non-hydrogen) atoms. The highest BCUT2D eigenvalue weighted by molar-refractivity contribution is 5.85. The molecule has 0 saturated carbocycles. The van der Waals surface area contributed by atoms with E-state index in [0.717, 1.165) is 0 Å². The van der Waals surface area contributed by atoms with Crippen molar-refractivity contribution >= 4 is 30.7 Å². The van der Waals surface area contributed by atoms with E-state index in [0.29, 0.717) is 11.3 Å². The zero-order valence-electron chi connectivity index (χ0n) is 13.9. The molecular formula is C17H22Cl2FN3O2. The molecule has 0 spiro atoms. The van der Waals surface area contributed by atoms with Crippen LogP contribution < -0.4 is 15.8 Å². The summed E-state index contributed by atoms with van der Waals surface area (Å²) in [6.07, 6.45) is 3.11. The molecule has 1 heterocycles. The van der Waals surface area contributed by atoms with Gasteiger partial charge in [0.25, 0.3) is 0 Å². The van der Waals surface area contributed by atoms with Gasteiger partial charge in [-0.05, 0) is 36.8 Å². The fourth-order valence-corrected chi connectivity index (χ4v) is 1.86. The number of aromatic nitrogens is 1. The van der Waals surface area contributed by atoms with Gasteiger partial charge in [0.15, 0.2) is 11.6 Å². The third kappa shape index (κ3) is 6.86. The Morgan fingerprint density at radius 2 is 2.04 bits per heavy atom. The van der Waals surface area contributed by atoms with Crippen LogP contribution in [0, 0.1) is 11.7 Å². The molecule has 8 heteroatoms. The number of pyridine rings is 1. The number of benzene rings is 1. The van der Waals surface area contributed by atoms with Crippen molar-refractivity contribution < 1.29 is 13.9 Å². The first-order chi connectivity index (χ1) is 11.0. The Kier molecular flexibility index (Phi) is 10.0. The molecule has 1 aromatic heterocycles. The molecule has 0 saturated heterocycles. The molecule has 0 fully saturated rings. The number of halogens is 3. The van der Waals surface area contributed by atoms with E-state index in [1.165, 1.54) is 18.3 Å². The molecule has 2 aromatic rings. The van der Waals surface area contributed by atoms with E-state index in [9.17, 15) is 9.18 Å². The lowest BCUT2D eigenvalue weighted by Crippen LogP contribution is -2.38. The van der Waals surface area contributed by atoms with Gasteiger partial charge in [-0.15, -0.1) is 24.8 Å². The molecule has 1 aromatic carbocycles.